The van der Waals surface area contributed by atoms with Gasteiger partial charge in [0.1, 0.15) is 5.75 Å². The highest BCUT2D eigenvalue weighted by Crippen LogP contribution is 2.26. The molecule has 0 aliphatic carbocycles. The van der Waals surface area contributed by atoms with Crippen molar-refractivity contribution in [3.63, 3.8) is 0 Å². The van der Waals surface area contributed by atoms with Crippen LogP contribution in [0.4, 0.5) is 0 Å². The summed E-state index contributed by atoms with van der Waals surface area (Å²) >= 11 is 5.83. The molecule has 0 saturated heterocycles. The predicted molar refractivity (Wildman–Crippen MR) is 49.9 cm³/mol. The number of halogens is 1. The Kier molecular flexibility index (Phi) is 4.02. The molecule has 0 aliphatic rings. The lowest BCUT2D eigenvalue weighted by atomic mass is 10.2. The summed E-state index contributed by atoms with van der Waals surface area (Å²) in [7, 11) is 1.53. The molecule has 1 rings (SSSR count). The van der Waals surface area contributed by atoms with Gasteiger partial charge in [0.25, 0.3) is 0 Å². The number of aliphatic hydroxyl groups is 1. The molecular weight excluding hydrogens is 192 g/mol. The minimum Gasteiger partial charge on any atom is -0.467 e. The number of aliphatic hydroxyl groups excluding tert-OH is 1. The highest BCUT2D eigenvalue weighted by atomic mass is 35.5. The summed E-state index contributed by atoms with van der Waals surface area (Å²) in [6.45, 7) is 0.00602. The molecule has 1 N–H and O–H groups in total. The largest absolute Gasteiger partial charge is 0.467 e. The zero-order valence-electron chi connectivity index (χ0n) is 7.29. The molecule has 0 saturated carbocycles. The van der Waals surface area contributed by atoms with Gasteiger partial charge in [-0.1, -0.05) is 17.7 Å². The Balaban J connectivity index is 2.85. The molecule has 3 nitrogen and oxygen atoms in total. The van der Waals surface area contributed by atoms with Gasteiger partial charge in [-0.15, -0.1) is 0 Å². The molecule has 0 aromatic heterocycles. The molecule has 1 aromatic carbocycles. The molecule has 0 unspecified atom stereocenters. The van der Waals surface area contributed by atoms with Crippen molar-refractivity contribution in [1.29, 1.82) is 0 Å². The highest BCUT2D eigenvalue weighted by Gasteiger charge is 2.06. The van der Waals surface area contributed by atoms with Crippen molar-refractivity contribution in [1.82, 2.24) is 0 Å². The maximum Gasteiger partial charge on any atom is 0.188 e. The van der Waals surface area contributed by atoms with Gasteiger partial charge >= 0.3 is 0 Å². The van der Waals surface area contributed by atoms with Gasteiger partial charge in [-0.3, -0.25) is 0 Å². The van der Waals surface area contributed by atoms with Crippen LogP contribution in [0.3, 0.4) is 0 Å². The van der Waals surface area contributed by atoms with Crippen LogP contribution in [0, 0.1) is 0 Å². The third kappa shape index (κ3) is 2.59. The van der Waals surface area contributed by atoms with Crippen LogP contribution in [0.25, 0.3) is 0 Å². The second-order valence-corrected chi connectivity index (χ2v) is 2.83. The maximum absolute atomic E-state index is 8.99. The fraction of sp³-hybridized carbons (Fsp3) is 0.333. The van der Waals surface area contributed by atoms with E-state index in [2.05, 4.69) is 0 Å². The first-order valence-electron chi connectivity index (χ1n) is 3.79. The molecular formula is C9H11ClO3. The van der Waals surface area contributed by atoms with E-state index in [4.69, 9.17) is 26.2 Å². The molecule has 0 amide bonds. The van der Waals surface area contributed by atoms with Crippen LogP contribution in [0.5, 0.6) is 5.75 Å². The van der Waals surface area contributed by atoms with Gasteiger partial charge in [-0.2, -0.15) is 0 Å². The van der Waals surface area contributed by atoms with Gasteiger partial charge in [-0.25, -0.2) is 0 Å². The van der Waals surface area contributed by atoms with Gasteiger partial charge in [0.15, 0.2) is 6.79 Å². The SMILES string of the molecule is COCOc1cccc(Cl)c1CO. The number of ether oxygens (including phenoxy) is 2. The number of benzene rings is 1. The monoisotopic (exact) mass is 202 g/mol. The Morgan fingerprint density at radius 2 is 2.23 bits per heavy atom. The van der Waals surface area contributed by atoms with E-state index in [-0.39, 0.29) is 13.4 Å². The van der Waals surface area contributed by atoms with Crippen LogP contribution < -0.4 is 4.74 Å². The van der Waals surface area contributed by atoms with E-state index in [1.807, 2.05) is 0 Å². The fourth-order valence-electron chi connectivity index (χ4n) is 0.950. The average Bonchev–Trinajstić information content (AvgIpc) is 2.15. The van der Waals surface area contributed by atoms with E-state index in [1.165, 1.54) is 7.11 Å². The predicted octanol–water partition coefficient (Wildman–Crippen LogP) is 1.81. The summed E-state index contributed by atoms with van der Waals surface area (Å²) in [6, 6.07) is 5.19. The molecule has 0 heterocycles. The van der Waals surface area contributed by atoms with E-state index < -0.39 is 0 Å². The Hall–Kier alpha value is -0.770. The minimum atomic E-state index is -0.140. The zero-order valence-corrected chi connectivity index (χ0v) is 8.04. The minimum absolute atomic E-state index is 0.140. The molecule has 72 valence electrons. The zero-order chi connectivity index (χ0) is 9.68. The average molecular weight is 203 g/mol. The molecule has 13 heavy (non-hydrogen) atoms. The number of rotatable bonds is 4. The van der Waals surface area contributed by atoms with E-state index in [1.54, 1.807) is 18.2 Å². The van der Waals surface area contributed by atoms with Crippen LogP contribution >= 0.6 is 11.6 Å². The lowest BCUT2D eigenvalue weighted by Crippen LogP contribution is -2.01. The van der Waals surface area contributed by atoms with E-state index in [0.717, 1.165) is 0 Å². The first-order valence-corrected chi connectivity index (χ1v) is 4.17. The van der Waals surface area contributed by atoms with E-state index in [9.17, 15) is 0 Å². The summed E-state index contributed by atoms with van der Waals surface area (Å²) in [5.74, 6) is 0.553. The van der Waals surface area contributed by atoms with Crippen LogP contribution in [0.1, 0.15) is 5.56 Å². The number of methoxy groups -OCH3 is 1. The van der Waals surface area contributed by atoms with Crippen LogP contribution in [-0.2, 0) is 11.3 Å². The van der Waals surface area contributed by atoms with Crippen molar-refractivity contribution in [2.45, 2.75) is 6.61 Å². The van der Waals surface area contributed by atoms with Crippen molar-refractivity contribution in [3.8, 4) is 5.75 Å². The molecule has 4 heteroatoms. The van der Waals surface area contributed by atoms with Crippen molar-refractivity contribution < 1.29 is 14.6 Å². The van der Waals surface area contributed by atoms with Gasteiger partial charge in [0.2, 0.25) is 0 Å². The Bertz CT molecular complexity index is 276. The van der Waals surface area contributed by atoms with Crippen molar-refractivity contribution in [3.05, 3.63) is 28.8 Å². The number of hydrogen-bond donors (Lipinski definition) is 1. The van der Waals surface area contributed by atoms with Gasteiger partial charge in [0, 0.05) is 17.7 Å². The molecule has 0 fully saturated rings. The molecule has 1 aromatic rings. The molecule has 0 aliphatic heterocycles. The second-order valence-electron chi connectivity index (χ2n) is 2.43. The van der Waals surface area contributed by atoms with Crippen LogP contribution in [0.15, 0.2) is 18.2 Å². The fourth-order valence-corrected chi connectivity index (χ4v) is 1.18. The lowest BCUT2D eigenvalue weighted by Gasteiger charge is -2.09. The third-order valence-electron chi connectivity index (χ3n) is 1.57. The smallest absolute Gasteiger partial charge is 0.188 e. The molecule has 0 bridgehead atoms. The summed E-state index contributed by atoms with van der Waals surface area (Å²) in [6.07, 6.45) is 0. The van der Waals surface area contributed by atoms with Crippen LogP contribution in [0.2, 0.25) is 5.02 Å². The maximum atomic E-state index is 8.99. The van der Waals surface area contributed by atoms with Gasteiger partial charge in [-0.05, 0) is 12.1 Å². The van der Waals surface area contributed by atoms with Gasteiger partial charge < -0.3 is 14.6 Å². The van der Waals surface area contributed by atoms with Gasteiger partial charge in [0.05, 0.1) is 6.61 Å². The summed E-state index contributed by atoms with van der Waals surface area (Å²) in [4.78, 5) is 0. The molecule has 0 radical (unpaired) electrons. The number of hydrogen-bond acceptors (Lipinski definition) is 3. The first kappa shape index (κ1) is 10.3. The molecule has 0 spiro atoms. The topological polar surface area (TPSA) is 38.7 Å². The van der Waals surface area contributed by atoms with E-state index in [0.29, 0.717) is 16.3 Å². The normalized spacial score (nSPS) is 10.1. The van der Waals surface area contributed by atoms with Crippen LogP contribution in [-0.4, -0.2) is 19.0 Å². The summed E-state index contributed by atoms with van der Waals surface area (Å²) in [5, 5.41) is 9.49. The summed E-state index contributed by atoms with van der Waals surface area (Å²) < 4.78 is 9.93. The van der Waals surface area contributed by atoms with E-state index >= 15 is 0 Å². The van der Waals surface area contributed by atoms with Crippen molar-refractivity contribution in [2.24, 2.45) is 0 Å². The van der Waals surface area contributed by atoms with Crippen molar-refractivity contribution >= 4 is 11.6 Å². The quantitative estimate of drug-likeness (QED) is 0.757. The highest BCUT2D eigenvalue weighted by molar-refractivity contribution is 6.31. The standard InChI is InChI=1S/C9H11ClO3/c1-12-6-13-9-4-2-3-8(10)7(9)5-11/h2-4,11H,5-6H2,1H3. The second kappa shape index (κ2) is 5.07. The van der Waals surface area contributed by atoms with Crippen molar-refractivity contribution in [2.75, 3.05) is 13.9 Å². The first-order chi connectivity index (χ1) is 6.29. The Morgan fingerprint density at radius 1 is 1.46 bits per heavy atom. The molecule has 0 atom stereocenters. The summed E-state index contributed by atoms with van der Waals surface area (Å²) in [5.41, 5.74) is 0.584. The Morgan fingerprint density at radius 3 is 2.85 bits per heavy atom. The Labute approximate surface area is 81.9 Å². The lowest BCUT2D eigenvalue weighted by molar-refractivity contribution is 0.0495. The third-order valence-corrected chi connectivity index (χ3v) is 1.92.